The van der Waals surface area contributed by atoms with Crippen LogP contribution in [0.1, 0.15) is 55.3 Å². The van der Waals surface area contributed by atoms with Crippen molar-refractivity contribution in [1.82, 2.24) is 16.0 Å². The molecule has 1 aromatic rings. The van der Waals surface area contributed by atoms with E-state index in [4.69, 9.17) is 0 Å². The summed E-state index contributed by atoms with van der Waals surface area (Å²) in [6.45, 7) is 0.716. The molecule has 3 amide bonds. The molecule has 2 saturated carbocycles. The predicted molar refractivity (Wildman–Crippen MR) is 110 cm³/mol. The second kappa shape index (κ2) is 10.5. The van der Waals surface area contributed by atoms with E-state index in [1.807, 2.05) is 12.1 Å². The van der Waals surface area contributed by atoms with Gasteiger partial charge in [0.15, 0.2) is 0 Å². The largest absolute Gasteiger partial charge is 0.355 e. The number of thioether (sulfide) groups is 1. The Labute approximate surface area is 170 Å². The molecule has 0 radical (unpaired) electrons. The normalized spacial score (nSPS) is 17.0. The molecule has 28 heavy (non-hydrogen) atoms. The number of benzene rings is 1. The molecule has 3 N–H and O–H groups in total. The molecule has 7 heteroatoms. The van der Waals surface area contributed by atoms with Gasteiger partial charge in [-0.05, 0) is 43.7 Å². The van der Waals surface area contributed by atoms with Crippen LogP contribution in [-0.2, 0) is 9.59 Å². The van der Waals surface area contributed by atoms with E-state index in [1.165, 1.54) is 43.9 Å². The maximum absolute atomic E-state index is 12.4. The number of hydrogen-bond donors (Lipinski definition) is 3. The van der Waals surface area contributed by atoms with Crippen molar-refractivity contribution >= 4 is 29.5 Å². The smallest absolute Gasteiger partial charge is 0.252 e. The second-order valence-corrected chi connectivity index (χ2v) is 8.63. The lowest BCUT2D eigenvalue weighted by molar-refractivity contribution is -0.120. The van der Waals surface area contributed by atoms with E-state index < -0.39 is 0 Å². The lowest BCUT2D eigenvalue weighted by Crippen LogP contribution is -2.38. The number of carbonyl (C=O) groups excluding carboxylic acids is 3. The fraction of sp³-hybridized carbons (Fsp3) is 0.571. The monoisotopic (exact) mass is 403 g/mol. The molecule has 2 aliphatic rings. The van der Waals surface area contributed by atoms with Gasteiger partial charge in [0, 0.05) is 17.5 Å². The van der Waals surface area contributed by atoms with E-state index >= 15 is 0 Å². The molecule has 2 aliphatic carbocycles. The molecule has 152 valence electrons. The van der Waals surface area contributed by atoms with Gasteiger partial charge in [0.2, 0.25) is 11.8 Å². The Bertz CT molecular complexity index is 700. The molecule has 0 aliphatic heterocycles. The third-order valence-corrected chi connectivity index (χ3v) is 6.23. The highest BCUT2D eigenvalue weighted by Gasteiger charge is 2.23. The van der Waals surface area contributed by atoms with Crippen LogP contribution >= 0.6 is 11.8 Å². The molecular weight excluding hydrogens is 374 g/mol. The van der Waals surface area contributed by atoms with Crippen molar-refractivity contribution in [3.63, 3.8) is 0 Å². The van der Waals surface area contributed by atoms with Crippen LogP contribution in [-0.4, -0.2) is 42.6 Å². The van der Waals surface area contributed by atoms with Crippen molar-refractivity contribution in [2.24, 2.45) is 5.92 Å². The van der Waals surface area contributed by atoms with Gasteiger partial charge >= 0.3 is 0 Å². The van der Waals surface area contributed by atoms with E-state index in [-0.39, 0.29) is 36.1 Å². The van der Waals surface area contributed by atoms with E-state index in [1.54, 1.807) is 12.1 Å². The number of rotatable bonds is 9. The topological polar surface area (TPSA) is 87.3 Å². The van der Waals surface area contributed by atoms with Gasteiger partial charge in [-0.15, -0.1) is 11.8 Å². The highest BCUT2D eigenvalue weighted by molar-refractivity contribution is 8.00. The zero-order valence-electron chi connectivity index (χ0n) is 16.2. The summed E-state index contributed by atoms with van der Waals surface area (Å²) >= 11 is 1.35. The van der Waals surface area contributed by atoms with Crippen LogP contribution in [0, 0.1) is 5.92 Å². The molecule has 1 aromatic carbocycles. The summed E-state index contributed by atoms with van der Waals surface area (Å²) in [5, 5.41) is 8.53. The van der Waals surface area contributed by atoms with Crippen molar-refractivity contribution in [3.8, 4) is 0 Å². The van der Waals surface area contributed by atoms with Gasteiger partial charge in [-0.25, -0.2) is 0 Å². The first-order valence-electron chi connectivity index (χ1n) is 10.2. The Balaban J connectivity index is 1.43. The second-order valence-electron chi connectivity index (χ2n) is 7.62. The molecule has 0 unspecified atom stereocenters. The summed E-state index contributed by atoms with van der Waals surface area (Å²) in [5.74, 6) is 0.413. The SMILES string of the molecule is O=C(CSc1ccccc1C(=O)NCC(=O)NC1CC1)NCC1CCCCC1. The summed E-state index contributed by atoms with van der Waals surface area (Å²) in [6.07, 6.45) is 8.26. The van der Waals surface area contributed by atoms with Gasteiger partial charge < -0.3 is 16.0 Å². The standard InChI is InChI=1S/C21H29N3O3S/c25-19(24-16-10-11-16)13-23-21(27)17-8-4-5-9-18(17)28-14-20(26)22-12-15-6-2-1-3-7-15/h4-5,8-9,15-16H,1-3,6-7,10-14H2,(H,22,26)(H,23,27)(H,24,25). The van der Waals surface area contributed by atoms with Crippen LogP contribution in [0.5, 0.6) is 0 Å². The number of hydrogen-bond acceptors (Lipinski definition) is 4. The predicted octanol–water partition coefficient (Wildman–Crippen LogP) is 2.48. The molecule has 0 bridgehead atoms. The summed E-state index contributed by atoms with van der Waals surface area (Å²) < 4.78 is 0. The third kappa shape index (κ3) is 6.86. The van der Waals surface area contributed by atoms with Crippen LogP contribution in [0.4, 0.5) is 0 Å². The molecule has 2 fully saturated rings. The number of nitrogens with one attached hydrogen (secondary N) is 3. The van der Waals surface area contributed by atoms with Crippen LogP contribution in [0.3, 0.4) is 0 Å². The maximum atomic E-state index is 12.4. The highest BCUT2D eigenvalue weighted by Crippen LogP contribution is 2.24. The van der Waals surface area contributed by atoms with Crippen molar-refractivity contribution in [2.45, 2.75) is 55.9 Å². The molecule has 0 saturated heterocycles. The van der Waals surface area contributed by atoms with Crippen LogP contribution in [0.15, 0.2) is 29.2 Å². The Kier molecular flexibility index (Phi) is 7.77. The highest BCUT2D eigenvalue weighted by atomic mass is 32.2. The van der Waals surface area contributed by atoms with Gasteiger partial charge in [0.05, 0.1) is 17.9 Å². The van der Waals surface area contributed by atoms with Gasteiger partial charge in [-0.1, -0.05) is 31.4 Å². The average molecular weight is 404 g/mol. The lowest BCUT2D eigenvalue weighted by Gasteiger charge is -2.21. The fourth-order valence-corrected chi connectivity index (χ4v) is 4.27. The van der Waals surface area contributed by atoms with Crippen LogP contribution in [0.25, 0.3) is 0 Å². The quantitative estimate of drug-likeness (QED) is 0.553. The Hall–Kier alpha value is -2.02. The molecule has 0 spiro atoms. The van der Waals surface area contributed by atoms with E-state index in [2.05, 4.69) is 16.0 Å². The third-order valence-electron chi connectivity index (χ3n) is 5.16. The van der Waals surface area contributed by atoms with Gasteiger partial charge in [-0.2, -0.15) is 0 Å². The van der Waals surface area contributed by atoms with Crippen molar-refractivity contribution < 1.29 is 14.4 Å². The minimum atomic E-state index is -0.295. The maximum Gasteiger partial charge on any atom is 0.252 e. The van der Waals surface area contributed by atoms with Gasteiger partial charge in [0.1, 0.15) is 0 Å². The van der Waals surface area contributed by atoms with Crippen molar-refractivity contribution in [3.05, 3.63) is 29.8 Å². The minimum absolute atomic E-state index is 0.00500. The van der Waals surface area contributed by atoms with Crippen molar-refractivity contribution in [1.29, 1.82) is 0 Å². The molecule has 3 rings (SSSR count). The Morgan fingerprint density at radius 1 is 0.929 bits per heavy atom. The van der Waals surface area contributed by atoms with Gasteiger partial charge in [0.25, 0.3) is 5.91 Å². The Morgan fingerprint density at radius 2 is 1.68 bits per heavy atom. The summed E-state index contributed by atoms with van der Waals surface area (Å²) in [4.78, 5) is 37.1. The number of amides is 3. The fourth-order valence-electron chi connectivity index (χ4n) is 3.39. The minimum Gasteiger partial charge on any atom is -0.355 e. The molecule has 0 heterocycles. The molecule has 0 atom stereocenters. The zero-order valence-corrected chi connectivity index (χ0v) is 17.0. The first-order valence-corrected chi connectivity index (χ1v) is 11.2. The molecule has 6 nitrogen and oxygen atoms in total. The first kappa shape index (κ1) is 20.7. The summed E-state index contributed by atoms with van der Waals surface area (Å²) in [7, 11) is 0. The molecular formula is C21H29N3O3S. The van der Waals surface area contributed by atoms with Crippen LogP contribution in [0.2, 0.25) is 0 Å². The first-order chi connectivity index (χ1) is 13.6. The van der Waals surface area contributed by atoms with E-state index in [0.29, 0.717) is 11.5 Å². The average Bonchev–Trinajstić information content (AvgIpc) is 3.54. The lowest BCUT2D eigenvalue weighted by atomic mass is 9.89. The van der Waals surface area contributed by atoms with E-state index in [0.717, 1.165) is 24.3 Å². The van der Waals surface area contributed by atoms with E-state index in [9.17, 15) is 14.4 Å². The number of carbonyl (C=O) groups is 3. The van der Waals surface area contributed by atoms with Gasteiger partial charge in [-0.3, -0.25) is 14.4 Å². The summed E-state index contributed by atoms with van der Waals surface area (Å²) in [5.41, 5.74) is 0.492. The molecule has 0 aromatic heterocycles. The van der Waals surface area contributed by atoms with Crippen LogP contribution < -0.4 is 16.0 Å². The zero-order chi connectivity index (χ0) is 19.8. The Morgan fingerprint density at radius 3 is 2.43 bits per heavy atom. The van der Waals surface area contributed by atoms with Crippen molar-refractivity contribution in [2.75, 3.05) is 18.8 Å². The summed E-state index contributed by atoms with van der Waals surface area (Å²) in [6, 6.07) is 7.46.